The molecular weight excluding hydrogens is 305 g/mol. The van der Waals surface area contributed by atoms with E-state index in [9.17, 15) is 9.18 Å². The van der Waals surface area contributed by atoms with Crippen molar-refractivity contribution < 1.29 is 13.9 Å². The second-order valence-electron chi connectivity index (χ2n) is 4.77. The van der Waals surface area contributed by atoms with E-state index >= 15 is 0 Å². The van der Waals surface area contributed by atoms with Crippen molar-refractivity contribution in [2.45, 2.75) is 6.92 Å². The second-order valence-corrected chi connectivity index (χ2v) is 5.21. The molecule has 0 aliphatic rings. The molecule has 0 saturated carbocycles. The van der Waals surface area contributed by atoms with Crippen LogP contribution in [0.5, 0.6) is 5.75 Å². The monoisotopic (exact) mass is 317 g/mol. The predicted molar refractivity (Wildman–Crippen MR) is 85.3 cm³/mol. The Morgan fingerprint density at radius 2 is 2.09 bits per heavy atom. The highest BCUT2D eigenvalue weighted by molar-refractivity contribution is 6.31. The Bertz CT molecular complexity index is 857. The van der Waals surface area contributed by atoms with Gasteiger partial charge in [0, 0.05) is 21.5 Å². The van der Waals surface area contributed by atoms with Gasteiger partial charge in [-0.1, -0.05) is 23.7 Å². The van der Waals surface area contributed by atoms with Crippen molar-refractivity contribution in [1.29, 1.82) is 0 Å². The molecule has 0 fully saturated rings. The number of fused-ring (bicyclic) bond motifs is 1. The van der Waals surface area contributed by atoms with Crippen molar-refractivity contribution in [2.24, 2.45) is 0 Å². The number of benzene rings is 2. The van der Waals surface area contributed by atoms with Crippen LogP contribution >= 0.6 is 11.6 Å². The molecule has 0 aliphatic heterocycles. The summed E-state index contributed by atoms with van der Waals surface area (Å²) < 4.78 is 19.7. The number of ether oxygens (including phenoxy) is 1. The Labute approximate surface area is 131 Å². The Balaban J connectivity index is 2.32. The van der Waals surface area contributed by atoms with Gasteiger partial charge < -0.3 is 9.72 Å². The Morgan fingerprint density at radius 3 is 2.82 bits per heavy atom. The highest BCUT2D eigenvalue weighted by Gasteiger charge is 2.18. The van der Waals surface area contributed by atoms with Crippen molar-refractivity contribution in [2.75, 3.05) is 6.61 Å². The number of para-hydroxylation sites is 1. The molecule has 112 valence electrons. The molecule has 1 N–H and O–H groups in total. The molecule has 0 unspecified atom stereocenters. The highest BCUT2D eigenvalue weighted by atomic mass is 35.5. The van der Waals surface area contributed by atoms with Crippen LogP contribution in [0.3, 0.4) is 0 Å². The van der Waals surface area contributed by atoms with Gasteiger partial charge in [0.1, 0.15) is 11.6 Å². The van der Waals surface area contributed by atoms with Crippen molar-refractivity contribution in [3.63, 3.8) is 0 Å². The molecule has 0 radical (unpaired) electrons. The number of carbonyl (C=O) groups is 1. The zero-order chi connectivity index (χ0) is 15.7. The summed E-state index contributed by atoms with van der Waals surface area (Å²) in [5, 5.41) is 0.707. The molecule has 0 spiro atoms. The summed E-state index contributed by atoms with van der Waals surface area (Å²) in [6, 6.07) is 10.1. The average Bonchev–Trinajstić information content (AvgIpc) is 2.86. The molecule has 3 rings (SSSR count). The molecule has 0 bridgehead atoms. The van der Waals surface area contributed by atoms with Gasteiger partial charge in [-0.3, -0.25) is 4.79 Å². The molecular formula is C17H13ClFNO2. The Morgan fingerprint density at radius 1 is 1.32 bits per heavy atom. The lowest BCUT2D eigenvalue weighted by Crippen LogP contribution is -1.95. The second kappa shape index (κ2) is 5.81. The van der Waals surface area contributed by atoms with Crippen LogP contribution in [0.2, 0.25) is 5.02 Å². The minimum absolute atomic E-state index is 0.247. The molecule has 0 amide bonds. The lowest BCUT2D eigenvalue weighted by Gasteiger charge is -2.09. The first-order valence-corrected chi connectivity index (χ1v) is 7.21. The molecule has 3 aromatic rings. The van der Waals surface area contributed by atoms with E-state index in [4.69, 9.17) is 16.3 Å². The van der Waals surface area contributed by atoms with E-state index in [0.717, 1.165) is 0 Å². The fraction of sp³-hybridized carbons (Fsp3) is 0.118. The molecule has 5 heteroatoms. The number of aldehydes is 1. The van der Waals surface area contributed by atoms with Gasteiger partial charge in [0.25, 0.3) is 0 Å². The van der Waals surface area contributed by atoms with E-state index in [2.05, 4.69) is 4.98 Å². The van der Waals surface area contributed by atoms with E-state index in [0.29, 0.717) is 40.8 Å². The first-order valence-electron chi connectivity index (χ1n) is 6.83. The first kappa shape index (κ1) is 14.6. The van der Waals surface area contributed by atoms with E-state index in [1.54, 1.807) is 6.07 Å². The van der Waals surface area contributed by atoms with Crippen LogP contribution in [0.4, 0.5) is 4.39 Å². The third-order valence-corrected chi connectivity index (χ3v) is 3.66. The number of hydrogen-bond acceptors (Lipinski definition) is 2. The maximum Gasteiger partial charge on any atom is 0.152 e. The minimum Gasteiger partial charge on any atom is -0.493 e. The van der Waals surface area contributed by atoms with Crippen LogP contribution in [-0.2, 0) is 0 Å². The smallest absolute Gasteiger partial charge is 0.152 e. The Hall–Kier alpha value is -2.33. The van der Waals surface area contributed by atoms with Crippen LogP contribution in [-0.4, -0.2) is 17.9 Å². The number of H-pyrrole nitrogens is 1. The number of halogens is 2. The van der Waals surface area contributed by atoms with Gasteiger partial charge in [-0.05, 0) is 31.2 Å². The first-order chi connectivity index (χ1) is 10.7. The minimum atomic E-state index is -0.495. The van der Waals surface area contributed by atoms with Crippen LogP contribution in [0, 0.1) is 5.82 Å². The maximum absolute atomic E-state index is 14.1. The van der Waals surface area contributed by atoms with Crippen molar-refractivity contribution >= 4 is 28.8 Å². The summed E-state index contributed by atoms with van der Waals surface area (Å²) in [6.07, 6.45) is 0.701. The van der Waals surface area contributed by atoms with Gasteiger partial charge in [0.05, 0.1) is 17.8 Å². The molecule has 0 saturated heterocycles. The molecule has 0 atom stereocenters. The summed E-state index contributed by atoms with van der Waals surface area (Å²) in [4.78, 5) is 14.5. The van der Waals surface area contributed by atoms with Crippen LogP contribution < -0.4 is 4.74 Å². The number of hydrogen-bond donors (Lipinski definition) is 1. The molecule has 2 aromatic carbocycles. The van der Waals surface area contributed by atoms with Crippen LogP contribution in [0.15, 0.2) is 36.4 Å². The SMILES string of the molecule is CCOc1ccccc1-c1[nH]c2c(F)cc(Cl)cc2c1C=O. The quantitative estimate of drug-likeness (QED) is 0.700. The van der Waals surface area contributed by atoms with Gasteiger partial charge >= 0.3 is 0 Å². The number of aromatic amines is 1. The summed E-state index contributed by atoms with van der Waals surface area (Å²) in [6.45, 7) is 2.37. The fourth-order valence-corrected chi connectivity index (χ4v) is 2.73. The third kappa shape index (κ3) is 2.35. The highest BCUT2D eigenvalue weighted by Crippen LogP contribution is 2.36. The van der Waals surface area contributed by atoms with E-state index in [1.165, 1.54) is 6.07 Å². The molecule has 22 heavy (non-hydrogen) atoms. The fourth-order valence-electron chi connectivity index (χ4n) is 2.53. The summed E-state index contributed by atoms with van der Waals surface area (Å²) in [7, 11) is 0. The van der Waals surface area contributed by atoms with Crippen molar-refractivity contribution in [1.82, 2.24) is 4.98 Å². The van der Waals surface area contributed by atoms with E-state index in [-0.39, 0.29) is 10.5 Å². The topological polar surface area (TPSA) is 42.1 Å². The van der Waals surface area contributed by atoms with Gasteiger partial charge in [0.15, 0.2) is 6.29 Å². The molecule has 1 heterocycles. The van der Waals surface area contributed by atoms with Gasteiger partial charge in [-0.25, -0.2) is 4.39 Å². The van der Waals surface area contributed by atoms with E-state index in [1.807, 2.05) is 31.2 Å². The lowest BCUT2D eigenvalue weighted by molar-refractivity contribution is 0.112. The summed E-state index contributed by atoms with van der Waals surface area (Å²) >= 11 is 5.89. The van der Waals surface area contributed by atoms with Gasteiger partial charge in [0.2, 0.25) is 0 Å². The normalized spacial score (nSPS) is 10.9. The standard InChI is InChI=1S/C17H13ClFNO2/c1-2-22-15-6-4-3-5-11(15)16-13(9-21)12-7-10(18)8-14(19)17(12)20-16/h3-9,20H,2H2,1H3. The lowest BCUT2D eigenvalue weighted by atomic mass is 10.1. The maximum atomic E-state index is 14.1. The number of nitrogens with one attached hydrogen (secondary N) is 1. The molecule has 1 aromatic heterocycles. The summed E-state index contributed by atoms with van der Waals surface area (Å²) in [5.74, 6) is 0.136. The third-order valence-electron chi connectivity index (χ3n) is 3.44. The molecule has 0 aliphatic carbocycles. The largest absolute Gasteiger partial charge is 0.493 e. The predicted octanol–water partition coefficient (Wildman–Crippen LogP) is 4.84. The average molecular weight is 318 g/mol. The van der Waals surface area contributed by atoms with Gasteiger partial charge in [-0.15, -0.1) is 0 Å². The zero-order valence-corrected chi connectivity index (χ0v) is 12.6. The zero-order valence-electron chi connectivity index (χ0n) is 11.8. The molecule has 3 nitrogen and oxygen atoms in total. The Kier molecular flexibility index (Phi) is 3.86. The van der Waals surface area contributed by atoms with Gasteiger partial charge in [-0.2, -0.15) is 0 Å². The van der Waals surface area contributed by atoms with Crippen LogP contribution in [0.1, 0.15) is 17.3 Å². The number of rotatable bonds is 4. The van der Waals surface area contributed by atoms with Crippen molar-refractivity contribution in [3.05, 3.63) is 52.8 Å². The van der Waals surface area contributed by atoms with Crippen LogP contribution in [0.25, 0.3) is 22.2 Å². The number of carbonyl (C=O) groups excluding carboxylic acids is 1. The van der Waals surface area contributed by atoms with E-state index < -0.39 is 5.82 Å². The number of aromatic nitrogens is 1. The summed E-state index contributed by atoms with van der Waals surface area (Å²) in [5.41, 5.74) is 1.85. The van der Waals surface area contributed by atoms with Crippen molar-refractivity contribution in [3.8, 4) is 17.0 Å².